The molecular formula is C24H29N3O2. The second kappa shape index (κ2) is 9.52. The van der Waals surface area contributed by atoms with E-state index in [0.717, 1.165) is 52.8 Å². The third kappa shape index (κ3) is 4.93. The van der Waals surface area contributed by atoms with Crippen LogP contribution < -0.4 is 10.1 Å². The fraction of sp³-hybridized carbons (Fsp3) is 0.333. The number of aryl methyl sites for hydroxylation is 2. The molecule has 0 aliphatic rings. The molecule has 0 saturated heterocycles. The molecule has 0 spiro atoms. The fourth-order valence-electron chi connectivity index (χ4n) is 3.46. The van der Waals surface area contributed by atoms with Gasteiger partial charge in [0.15, 0.2) is 5.75 Å². The summed E-state index contributed by atoms with van der Waals surface area (Å²) in [5, 5.41) is 4.69. The highest BCUT2D eigenvalue weighted by molar-refractivity contribution is 5.99. The van der Waals surface area contributed by atoms with E-state index in [-0.39, 0.29) is 0 Å². The number of aromatic nitrogens is 1. The smallest absolute Gasteiger partial charge is 0.408 e. The van der Waals surface area contributed by atoms with Crippen molar-refractivity contribution in [1.82, 2.24) is 15.2 Å². The molecule has 3 rings (SSSR count). The molecule has 5 nitrogen and oxygen atoms in total. The van der Waals surface area contributed by atoms with E-state index in [1.165, 1.54) is 0 Å². The molecule has 0 saturated carbocycles. The Morgan fingerprint density at radius 3 is 2.55 bits per heavy atom. The van der Waals surface area contributed by atoms with Gasteiger partial charge >= 0.3 is 6.09 Å². The topological polar surface area (TPSA) is 54.5 Å². The molecule has 1 N–H and O–H groups in total. The minimum absolute atomic E-state index is 0.453. The number of rotatable bonds is 7. The van der Waals surface area contributed by atoms with Crippen molar-refractivity contribution in [2.45, 2.75) is 27.7 Å². The minimum atomic E-state index is -0.453. The molecule has 152 valence electrons. The summed E-state index contributed by atoms with van der Waals surface area (Å²) in [6.07, 6.45) is 1.19. The first kappa shape index (κ1) is 20.8. The summed E-state index contributed by atoms with van der Waals surface area (Å²) < 4.78 is 5.62. The second-order valence-corrected chi connectivity index (χ2v) is 7.18. The average Bonchev–Trinajstić information content (AvgIpc) is 2.72. The molecule has 5 heteroatoms. The highest BCUT2D eigenvalue weighted by atomic mass is 16.6. The van der Waals surface area contributed by atoms with Gasteiger partial charge in [-0.25, -0.2) is 4.79 Å². The molecule has 0 aliphatic carbocycles. The molecule has 0 aliphatic heterocycles. The zero-order chi connectivity index (χ0) is 20.8. The summed E-state index contributed by atoms with van der Waals surface area (Å²) in [5.74, 6) is 0.473. The zero-order valence-corrected chi connectivity index (χ0v) is 17.7. The van der Waals surface area contributed by atoms with E-state index in [1.807, 2.05) is 31.2 Å². The number of nitrogens with one attached hydrogen (secondary N) is 1. The van der Waals surface area contributed by atoms with Crippen LogP contribution in [0.25, 0.3) is 22.0 Å². The minimum Gasteiger partial charge on any atom is -0.408 e. The van der Waals surface area contributed by atoms with Crippen molar-refractivity contribution in [1.29, 1.82) is 0 Å². The third-order valence-electron chi connectivity index (χ3n) is 5.20. The van der Waals surface area contributed by atoms with Gasteiger partial charge in [0.1, 0.15) is 0 Å². The molecule has 2 aromatic carbocycles. The van der Waals surface area contributed by atoms with Crippen molar-refractivity contribution in [3.63, 3.8) is 0 Å². The van der Waals surface area contributed by atoms with E-state index < -0.39 is 6.09 Å². The van der Waals surface area contributed by atoms with Crippen LogP contribution in [0.4, 0.5) is 4.79 Å². The van der Waals surface area contributed by atoms with Crippen molar-refractivity contribution in [3.05, 3.63) is 59.8 Å². The Morgan fingerprint density at radius 1 is 1.07 bits per heavy atom. The highest BCUT2D eigenvalue weighted by Crippen LogP contribution is 2.34. The number of hydrogen-bond donors (Lipinski definition) is 1. The van der Waals surface area contributed by atoms with E-state index >= 15 is 0 Å². The normalized spacial score (nSPS) is 11.1. The van der Waals surface area contributed by atoms with Gasteiger partial charge in [-0.3, -0.25) is 4.98 Å². The first-order valence-electron chi connectivity index (χ1n) is 10.2. The van der Waals surface area contributed by atoms with Crippen LogP contribution in [0.15, 0.2) is 48.7 Å². The molecule has 1 aromatic heterocycles. The Kier molecular flexibility index (Phi) is 6.83. The van der Waals surface area contributed by atoms with Crippen LogP contribution >= 0.6 is 0 Å². The molecule has 1 amide bonds. The molecule has 0 radical (unpaired) electrons. The van der Waals surface area contributed by atoms with Crippen molar-refractivity contribution >= 4 is 16.9 Å². The van der Waals surface area contributed by atoms with Gasteiger partial charge in [0, 0.05) is 29.4 Å². The quantitative estimate of drug-likeness (QED) is 0.619. The van der Waals surface area contributed by atoms with Crippen LogP contribution in [0, 0.1) is 13.8 Å². The Hall–Kier alpha value is -2.92. The lowest BCUT2D eigenvalue weighted by Crippen LogP contribution is -2.36. The van der Waals surface area contributed by atoms with Crippen molar-refractivity contribution in [2.24, 2.45) is 0 Å². The van der Waals surface area contributed by atoms with Gasteiger partial charge in [0.2, 0.25) is 0 Å². The Bertz CT molecular complexity index is 997. The van der Waals surface area contributed by atoms with Crippen LogP contribution in [0.2, 0.25) is 0 Å². The maximum Gasteiger partial charge on any atom is 0.412 e. The van der Waals surface area contributed by atoms with Gasteiger partial charge < -0.3 is 15.0 Å². The average molecular weight is 392 g/mol. The lowest BCUT2D eigenvalue weighted by atomic mass is 9.99. The predicted octanol–water partition coefficient (Wildman–Crippen LogP) is 4.95. The summed E-state index contributed by atoms with van der Waals surface area (Å²) in [5.41, 5.74) is 4.24. The van der Waals surface area contributed by atoms with Crippen LogP contribution in [0.5, 0.6) is 5.75 Å². The number of carbonyl (C=O) groups excluding carboxylic acids is 1. The van der Waals surface area contributed by atoms with Gasteiger partial charge in [-0.2, -0.15) is 0 Å². The van der Waals surface area contributed by atoms with E-state index in [1.54, 1.807) is 6.20 Å². The van der Waals surface area contributed by atoms with Crippen LogP contribution in [-0.4, -0.2) is 42.2 Å². The first-order chi connectivity index (χ1) is 14.0. The molecule has 29 heavy (non-hydrogen) atoms. The van der Waals surface area contributed by atoms with Gasteiger partial charge in [0.25, 0.3) is 0 Å². The van der Waals surface area contributed by atoms with Crippen molar-refractivity contribution < 1.29 is 9.53 Å². The van der Waals surface area contributed by atoms with E-state index in [2.05, 4.69) is 54.2 Å². The summed E-state index contributed by atoms with van der Waals surface area (Å²) >= 11 is 0. The van der Waals surface area contributed by atoms with Crippen molar-refractivity contribution in [2.75, 3.05) is 26.2 Å². The largest absolute Gasteiger partial charge is 0.412 e. The number of carbonyl (C=O) groups is 1. The van der Waals surface area contributed by atoms with Gasteiger partial charge in [-0.05, 0) is 38.6 Å². The maximum absolute atomic E-state index is 12.3. The highest BCUT2D eigenvalue weighted by Gasteiger charge is 2.14. The molecular weight excluding hydrogens is 362 g/mol. The fourth-order valence-corrected chi connectivity index (χ4v) is 3.46. The zero-order valence-electron chi connectivity index (χ0n) is 17.7. The number of benzene rings is 2. The van der Waals surface area contributed by atoms with Gasteiger partial charge in [-0.15, -0.1) is 0 Å². The summed E-state index contributed by atoms with van der Waals surface area (Å²) in [6.45, 7) is 11.6. The SMILES string of the molecule is CCN(CC)CCNC(=O)Oc1cnc(-c2ccccc2C)c2ccc(C)cc12. The molecule has 0 fully saturated rings. The number of nitrogens with zero attached hydrogens (tertiary/aromatic N) is 2. The molecule has 0 unspecified atom stereocenters. The third-order valence-corrected chi connectivity index (χ3v) is 5.20. The second-order valence-electron chi connectivity index (χ2n) is 7.18. The standard InChI is InChI=1S/C24H29N3O2/c1-5-27(6-2)14-13-25-24(28)29-22-16-26-23(19-10-8-7-9-18(19)4)20-12-11-17(3)15-21(20)22/h7-12,15-16H,5-6,13-14H2,1-4H3,(H,25,28). The first-order valence-corrected chi connectivity index (χ1v) is 10.2. The number of fused-ring (bicyclic) bond motifs is 1. The van der Waals surface area contributed by atoms with E-state index in [4.69, 9.17) is 4.74 Å². The summed E-state index contributed by atoms with van der Waals surface area (Å²) in [6, 6.07) is 14.3. The van der Waals surface area contributed by atoms with Gasteiger partial charge in [0.05, 0.1) is 11.9 Å². The maximum atomic E-state index is 12.3. The number of amides is 1. The molecule has 0 atom stereocenters. The summed E-state index contributed by atoms with van der Waals surface area (Å²) in [4.78, 5) is 19.2. The lowest BCUT2D eigenvalue weighted by Gasteiger charge is -2.18. The van der Waals surface area contributed by atoms with E-state index in [9.17, 15) is 4.79 Å². The molecule has 0 bridgehead atoms. The monoisotopic (exact) mass is 391 g/mol. The van der Waals surface area contributed by atoms with Crippen LogP contribution in [-0.2, 0) is 0 Å². The van der Waals surface area contributed by atoms with Crippen LogP contribution in [0.1, 0.15) is 25.0 Å². The molecule has 3 aromatic rings. The van der Waals surface area contributed by atoms with Crippen molar-refractivity contribution in [3.8, 4) is 17.0 Å². The summed E-state index contributed by atoms with van der Waals surface area (Å²) in [7, 11) is 0. The number of ether oxygens (including phenoxy) is 1. The Morgan fingerprint density at radius 2 is 1.83 bits per heavy atom. The number of pyridine rings is 1. The Labute approximate surface area is 172 Å². The molecule has 1 heterocycles. The number of likely N-dealkylation sites (N-methyl/N-ethyl adjacent to an activating group) is 1. The lowest BCUT2D eigenvalue weighted by molar-refractivity contribution is 0.198. The van der Waals surface area contributed by atoms with Gasteiger partial charge in [-0.1, -0.05) is 55.8 Å². The van der Waals surface area contributed by atoms with E-state index in [0.29, 0.717) is 12.3 Å². The Balaban J connectivity index is 1.86. The van der Waals surface area contributed by atoms with Crippen LogP contribution in [0.3, 0.4) is 0 Å². The number of hydrogen-bond acceptors (Lipinski definition) is 4. The predicted molar refractivity (Wildman–Crippen MR) is 118 cm³/mol.